The Morgan fingerprint density at radius 2 is 1.89 bits per heavy atom. The summed E-state index contributed by atoms with van der Waals surface area (Å²) < 4.78 is 23.2. The average Bonchev–Trinajstić information content (AvgIpc) is 2.90. The third-order valence-electron chi connectivity index (χ3n) is 5.95. The molecular weight excluding hydrogens is 562 g/mol. The molecule has 3 aromatic rings. The van der Waals surface area contributed by atoms with Crippen molar-refractivity contribution >= 4 is 39.4 Å². The molecule has 7 nitrogen and oxygen atoms in total. The highest BCUT2D eigenvalue weighted by Crippen LogP contribution is 2.42. The van der Waals surface area contributed by atoms with Crippen LogP contribution in [0.15, 0.2) is 59.1 Å². The Morgan fingerprint density at radius 3 is 2.62 bits per heavy atom. The zero-order valence-corrected chi connectivity index (χ0v) is 22.9. The molecule has 1 heterocycles. The molecule has 194 valence electrons. The minimum Gasteiger partial charge on any atom is -0.496 e. The van der Waals surface area contributed by atoms with Crippen LogP contribution < -0.4 is 19.5 Å². The molecular formula is C28H27BrClNO6. The van der Waals surface area contributed by atoms with E-state index in [9.17, 15) is 9.59 Å². The molecule has 0 saturated heterocycles. The third-order valence-corrected chi connectivity index (χ3v) is 6.74. The van der Waals surface area contributed by atoms with Gasteiger partial charge >= 0.3 is 5.97 Å². The van der Waals surface area contributed by atoms with Gasteiger partial charge in [0.1, 0.15) is 23.0 Å². The molecule has 0 radical (unpaired) electrons. The zero-order valence-electron chi connectivity index (χ0n) is 20.5. The lowest BCUT2D eigenvalue weighted by Crippen LogP contribution is -2.25. The molecule has 1 unspecified atom stereocenters. The van der Waals surface area contributed by atoms with Crippen LogP contribution in [0.5, 0.6) is 23.0 Å². The van der Waals surface area contributed by atoms with Gasteiger partial charge in [-0.25, -0.2) is 0 Å². The molecule has 1 aliphatic rings. The van der Waals surface area contributed by atoms with Gasteiger partial charge in [0.15, 0.2) is 0 Å². The quantitative estimate of drug-likeness (QED) is 0.295. The second kappa shape index (κ2) is 12.3. The number of fused-ring (bicyclic) bond motifs is 1. The van der Waals surface area contributed by atoms with E-state index in [4.69, 9.17) is 30.5 Å². The summed E-state index contributed by atoms with van der Waals surface area (Å²) in [4.78, 5) is 24.9. The highest BCUT2D eigenvalue weighted by molar-refractivity contribution is 9.10. The van der Waals surface area contributed by atoms with Gasteiger partial charge in [-0.15, -0.1) is 0 Å². The minimum atomic E-state index is -0.419. The molecule has 1 atom stereocenters. The standard InChI is InChI=1S/C28H27BrClNO6/c1-3-35-28(33)21-11-13-36-25-16-26(23(30)15-22(21)25)37-20-8-5-18(6-9-20)27(32)31-12-10-17-4-7-19(29)14-24(17)34-2/h4-9,14-16,21H,3,10-13H2,1-2H3,(H,31,32). The summed E-state index contributed by atoms with van der Waals surface area (Å²) in [5.74, 6) is 1.32. The van der Waals surface area contributed by atoms with Crippen LogP contribution in [0.25, 0.3) is 0 Å². The van der Waals surface area contributed by atoms with Crippen LogP contribution in [0.1, 0.15) is 40.7 Å². The van der Waals surface area contributed by atoms with E-state index in [2.05, 4.69) is 21.2 Å². The normalized spacial score (nSPS) is 14.2. The molecule has 4 rings (SSSR count). The predicted molar refractivity (Wildman–Crippen MR) is 144 cm³/mol. The summed E-state index contributed by atoms with van der Waals surface area (Å²) >= 11 is 9.90. The lowest BCUT2D eigenvalue weighted by Gasteiger charge is -2.25. The van der Waals surface area contributed by atoms with Crippen molar-refractivity contribution in [2.45, 2.75) is 25.7 Å². The number of benzene rings is 3. The van der Waals surface area contributed by atoms with Crippen molar-refractivity contribution in [1.82, 2.24) is 5.32 Å². The maximum Gasteiger partial charge on any atom is 0.313 e. The first-order chi connectivity index (χ1) is 17.9. The van der Waals surface area contributed by atoms with E-state index < -0.39 is 5.92 Å². The molecule has 3 aromatic carbocycles. The Balaban J connectivity index is 1.38. The van der Waals surface area contributed by atoms with Crippen LogP contribution in [0.3, 0.4) is 0 Å². The first-order valence-electron chi connectivity index (χ1n) is 11.9. The van der Waals surface area contributed by atoms with E-state index in [0.29, 0.717) is 66.0 Å². The molecule has 0 aliphatic carbocycles. The van der Waals surface area contributed by atoms with E-state index in [1.807, 2.05) is 18.2 Å². The van der Waals surface area contributed by atoms with Crippen molar-refractivity contribution in [1.29, 1.82) is 0 Å². The summed E-state index contributed by atoms with van der Waals surface area (Å²) in [5.41, 5.74) is 2.20. The third kappa shape index (κ3) is 6.56. The fourth-order valence-electron chi connectivity index (χ4n) is 4.09. The van der Waals surface area contributed by atoms with Gasteiger partial charge in [0, 0.05) is 28.2 Å². The lowest BCUT2D eigenvalue weighted by atomic mass is 9.93. The Bertz CT molecular complexity index is 1280. The van der Waals surface area contributed by atoms with E-state index in [1.165, 1.54) is 0 Å². The number of halogens is 2. The van der Waals surface area contributed by atoms with Gasteiger partial charge in [-0.1, -0.05) is 33.6 Å². The maximum atomic E-state index is 12.6. The van der Waals surface area contributed by atoms with Crippen LogP contribution in [0.2, 0.25) is 5.02 Å². The van der Waals surface area contributed by atoms with E-state index >= 15 is 0 Å². The second-order valence-electron chi connectivity index (χ2n) is 8.35. The van der Waals surface area contributed by atoms with Gasteiger partial charge < -0.3 is 24.3 Å². The smallest absolute Gasteiger partial charge is 0.313 e. The number of esters is 1. The van der Waals surface area contributed by atoms with Crippen LogP contribution in [0.4, 0.5) is 0 Å². The SMILES string of the molecule is CCOC(=O)C1CCOc2cc(Oc3ccc(C(=O)NCCc4ccc(Br)cc4OC)cc3)c(Cl)cc21. The molecule has 37 heavy (non-hydrogen) atoms. The van der Waals surface area contributed by atoms with Crippen LogP contribution in [-0.4, -0.2) is 38.7 Å². The van der Waals surface area contributed by atoms with E-state index in [-0.39, 0.29) is 11.9 Å². The largest absolute Gasteiger partial charge is 0.496 e. The fraction of sp³-hybridized carbons (Fsp3) is 0.286. The number of carbonyl (C=O) groups excluding carboxylic acids is 2. The summed E-state index contributed by atoms with van der Waals surface area (Å²) in [5, 5.41) is 3.28. The molecule has 1 aliphatic heterocycles. The van der Waals surface area contributed by atoms with Crippen molar-refractivity contribution in [2.75, 3.05) is 26.9 Å². The van der Waals surface area contributed by atoms with Crippen LogP contribution >= 0.6 is 27.5 Å². The molecule has 0 saturated carbocycles. The second-order valence-corrected chi connectivity index (χ2v) is 9.67. The van der Waals surface area contributed by atoms with Crippen molar-refractivity contribution in [3.05, 3.63) is 80.8 Å². The Labute approximate surface area is 229 Å². The van der Waals surface area contributed by atoms with Crippen molar-refractivity contribution in [3.8, 4) is 23.0 Å². The fourth-order valence-corrected chi connectivity index (χ4v) is 4.65. The molecule has 0 bridgehead atoms. The highest BCUT2D eigenvalue weighted by atomic mass is 79.9. The van der Waals surface area contributed by atoms with Gasteiger partial charge in [0.2, 0.25) is 0 Å². The number of carbonyl (C=O) groups is 2. The molecule has 1 N–H and O–H groups in total. The summed E-state index contributed by atoms with van der Waals surface area (Å²) in [6.07, 6.45) is 1.17. The van der Waals surface area contributed by atoms with Crippen molar-refractivity contribution < 1.29 is 28.5 Å². The Hall–Kier alpha value is -3.23. The van der Waals surface area contributed by atoms with Crippen molar-refractivity contribution in [3.63, 3.8) is 0 Å². The first-order valence-corrected chi connectivity index (χ1v) is 13.1. The number of methoxy groups -OCH3 is 1. The number of nitrogens with one attached hydrogen (secondary N) is 1. The number of amides is 1. The summed E-state index contributed by atoms with van der Waals surface area (Å²) in [6, 6.07) is 15.9. The molecule has 1 amide bonds. The number of hydrogen-bond acceptors (Lipinski definition) is 6. The average molecular weight is 589 g/mol. The number of hydrogen-bond donors (Lipinski definition) is 1. The van der Waals surface area contributed by atoms with Gasteiger partial charge in [-0.3, -0.25) is 9.59 Å². The number of rotatable bonds is 9. The van der Waals surface area contributed by atoms with Gasteiger partial charge in [0.05, 0.1) is 31.3 Å². The van der Waals surface area contributed by atoms with Gasteiger partial charge in [0.25, 0.3) is 5.91 Å². The minimum absolute atomic E-state index is 0.187. The van der Waals surface area contributed by atoms with Gasteiger partial charge in [-0.05, 0) is 67.8 Å². The zero-order chi connectivity index (χ0) is 26.4. The Morgan fingerprint density at radius 1 is 1.11 bits per heavy atom. The Kier molecular flexibility index (Phi) is 8.95. The van der Waals surface area contributed by atoms with Crippen molar-refractivity contribution in [2.24, 2.45) is 0 Å². The lowest BCUT2D eigenvalue weighted by molar-refractivity contribution is -0.145. The highest BCUT2D eigenvalue weighted by Gasteiger charge is 2.30. The molecule has 0 spiro atoms. The summed E-state index contributed by atoms with van der Waals surface area (Å²) in [7, 11) is 1.62. The van der Waals surface area contributed by atoms with Gasteiger partial charge in [-0.2, -0.15) is 0 Å². The summed E-state index contributed by atoms with van der Waals surface area (Å²) in [6.45, 7) is 2.95. The molecule has 0 fully saturated rings. The maximum absolute atomic E-state index is 12.6. The van der Waals surface area contributed by atoms with E-state index in [0.717, 1.165) is 15.8 Å². The van der Waals surface area contributed by atoms with Crippen LogP contribution in [-0.2, 0) is 16.0 Å². The number of ether oxygens (including phenoxy) is 4. The first kappa shape index (κ1) is 26.8. The molecule has 0 aromatic heterocycles. The monoisotopic (exact) mass is 587 g/mol. The molecule has 9 heteroatoms. The predicted octanol–water partition coefficient (Wildman–Crippen LogP) is 6.31. The van der Waals surface area contributed by atoms with E-state index in [1.54, 1.807) is 50.4 Å². The topological polar surface area (TPSA) is 83.1 Å². The van der Waals surface area contributed by atoms with Crippen LogP contribution in [0, 0.1) is 0 Å².